The summed E-state index contributed by atoms with van der Waals surface area (Å²) < 4.78 is 18.6. The van der Waals surface area contributed by atoms with Gasteiger partial charge in [0.15, 0.2) is 5.78 Å². The van der Waals surface area contributed by atoms with Crippen molar-refractivity contribution in [2.75, 3.05) is 5.88 Å². The second-order valence-electron chi connectivity index (χ2n) is 9.68. The number of nitrogens with zero attached hydrogens (tertiary/aromatic N) is 1. The van der Waals surface area contributed by atoms with Crippen LogP contribution in [-0.4, -0.2) is 34.3 Å². The highest BCUT2D eigenvalue weighted by atomic mass is 35.5. The molecule has 1 unspecified atom stereocenters. The number of benzene rings is 2. The standard InChI is InChI=1S/C27H27ClFN3O4S/c1-27(2,3)36-26(35)31-32-15-37-24-21(25(34)30-14-17-6-10-20(29)11-7-17)13-18(23(33)22(24)32)12-16-4-8-19(28)9-5-16/h4-11,13,18H,12,14-15H2,1-3H3,(H,30,34)(H,31,35). The van der Waals surface area contributed by atoms with Crippen molar-refractivity contribution in [2.45, 2.75) is 39.3 Å². The molecule has 1 aliphatic heterocycles. The molecule has 10 heteroatoms. The molecule has 0 bridgehead atoms. The Kier molecular flexibility index (Phi) is 7.94. The highest BCUT2D eigenvalue weighted by molar-refractivity contribution is 8.03. The average Bonchev–Trinajstić information content (AvgIpc) is 3.24. The van der Waals surface area contributed by atoms with Crippen LogP contribution in [0.1, 0.15) is 31.9 Å². The van der Waals surface area contributed by atoms with Crippen LogP contribution in [0, 0.1) is 11.7 Å². The molecule has 7 nitrogen and oxygen atoms in total. The largest absolute Gasteiger partial charge is 0.443 e. The number of hydrogen-bond donors (Lipinski definition) is 2. The number of rotatable bonds is 6. The normalized spacial score (nSPS) is 17.3. The monoisotopic (exact) mass is 543 g/mol. The Bertz CT molecular complexity index is 1270. The lowest BCUT2D eigenvalue weighted by Crippen LogP contribution is -2.45. The van der Waals surface area contributed by atoms with Crippen molar-refractivity contribution in [3.8, 4) is 0 Å². The number of thioether (sulfide) groups is 1. The molecule has 0 saturated carbocycles. The second-order valence-corrected chi connectivity index (χ2v) is 11.1. The summed E-state index contributed by atoms with van der Waals surface area (Å²) in [6.07, 6.45) is 1.34. The summed E-state index contributed by atoms with van der Waals surface area (Å²) in [7, 11) is 0. The van der Waals surface area contributed by atoms with Gasteiger partial charge in [-0.25, -0.2) is 14.6 Å². The van der Waals surface area contributed by atoms with Crippen molar-refractivity contribution in [1.29, 1.82) is 0 Å². The minimum absolute atomic E-state index is 0.194. The van der Waals surface area contributed by atoms with E-state index in [9.17, 15) is 18.8 Å². The van der Waals surface area contributed by atoms with Crippen molar-refractivity contribution in [2.24, 2.45) is 5.92 Å². The number of allylic oxidation sites excluding steroid dienone is 2. The first kappa shape index (κ1) is 26.8. The number of ketones is 1. The summed E-state index contributed by atoms with van der Waals surface area (Å²) in [5.41, 5.74) is 4.15. The summed E-state index contributed by atoms with van der Waals surface area (Å²) in [5.74, 6) is -1.32. The number of nitrogens with one attached hydrogen (secondary N) is 2. The lowest BCUT2D eigenvalue weighted by Gasteiger charge is -2.28. The molecule has 4 rings (SSSR count). The van der Waals surface area contributed by atoms with E-state index in [2.05, 4.69) is 10.7 Å². The highest BCUT2D eigenvalue weighted by Crippen LogP contribution is 2.42. The van der Waals surface area contributed by atoms with E-state index in [1.165, 1.54) is 28.9 Å². The molecule has 0 aromatic heterocycles. The Morgan fingerprint density at radius 2 is 1.76 bits per heavy atom. The quantitative estimate of drug-likeness (QED) is 0.526. The molecule has 194 valence electrons. The van der Waals surface area contributed by atoms with Gasteiger partial charge in [-0.3, -0.25) is 14.6 Å². The summed E-state index contributed by atoms with van der Waals surface area (Å²) in [5, 5.41) is 4.88. The van der Waals surface area contributed by atoms with E-state index in [1.807, 2.05) is 12.1 Å². The Morgan fingerprint density at radius 3 is 2.41 bits per heavy atom. The van der Waals surface area contributed by atoms with E-state index in [0.717, 1.165) is 11.1 Å². The van der Waals surface area contributed by atoms with Crippen LogP contribution in [0.5, 0.6) is 0 Å². The first-order valence-corrected chi connectivity index (χ1v) is 13.0. The zero-order chi connectivity index (χ0) is 26.7. The predicted octanol–water partition coefficient (Wildman–Crippen LogP) is 5.12. The number of hydrogen-bond acceptors (Lipinski definition) is 6. The molecular weight excluding hydrogens is 517 g/mol. The maximum absolute atomic E-state index is 13.6. The zero-order valence-corrected chi connectivity index (χ0v) is 22.2. The van der Waals surface area contributed by atoms with E-state index < -0.39 is 17.6 Å². The first-order chi connectivity index (χ1) is 17.5. The van der Waals surface area contributed by atoms with Crippen LogP contribution in [0.15, 0.2) is 70.8 Å². The Hall–Kier alpha value is -3.30. The molecule has 0 spiro atoms. The third-order valence-corrected chi connectivity index (χ3v) is 6.95. The average molecular weight is 544 g/mol. The van der Waals surface area contributed by atoms with E-state index in [4.69, 9.17) is 16.3 Å². The summed E-state index contributed by atoms with van der Waals surface area (Å²) in [6.45, 7) is 5.43. The van der Waals surface area contributed by atoms with Crippen LogP contribution < -0.4 is 10.7 Å². The molecule has 1 atom stereocenters. The third kappa shape index (κ3) is 6.72. The fraction of sp³-hybridized carbons (Fsp3) is 0.296. The van der Waals surface area contributed by atoms with Gasteiger partial charge < -0.3 is 10.1 Å². The smallest absolute Gasteiger partial charge is 0.426 e. The Labute approximate surface area is 224 Å². The fourth-order valence-electron chi connectivity index (χ4n) is 3.95. The molecule has 2 amide bonds. The van der Waals surface area contributed by atoms with Gasteiger partial charge in [-0.2, -0.15) is 0 Å². The lowest BCUT2D eigenvalue weighted by molar-refractivity contribution is -0.119. The molecule has 0 fully saturated rings. The van der Waals surface area contributed by atoms with Gasteiger partial charge >= 0.3 is 6.09 Å². The van der Waals surface area contributed by atoms with Crippen LogP contribution in [-0.2, 0) is 27.3 Å². The SMILES string of the molecule is CC(C)(C)OC(=O)NN1CSC2=C1C(=O)C(Cc1ccc(Cl)cc1)C=C2C(=O)NCc1ccc(F)cc1. The maximum Gasteiger partial charge on any atom is 0.426 e. The molecule has 2 aromatic rings. The predicted molar refractivity (Wildman–Crippen MR) is 141 cm³/mol. The van der Waals surface area contributed by atoms with Crippen LogP contribution in [0.3, 0.4) is 0 Å². The van der Waals surface area contributed by atoms with Crippen molar-refractivity contribution in [3.63, 3.8) is 0 Å². The van der Waals surface area contributed by atoms with Gasteiger partial charge in [0, 0.05) is 17.5 Å². The van der Waals surface area contributed by atoms with Crippen molar-refractivity contribution in [1.82, 2.24) is 15.8 Å². The number of ether oxygens (including phenoxy) is 1. The van der Waals surface area contributed by atoms with Gasteiger partial charge in [0.2, 0.25) is 0 Å². The van der Waals surface area contributed by atoms with Crippen molar-refractivity contribution in [3.05, 3.63) is 92.7 Å². The molecule has 1 heterocycles. The second kappa shape index (κ2) is 11.0. The van der Waals surface area contributed by atoms with Crippen LogP contribution >= 0.6 is 23.4 Å². The third-order valence-electron chi connectivity index (χ3n) is 5.61. The Balaban J connectivity index is 1.60. The molecule has 2 aliphatic rings. The van der Waals surface area contributed by atoms with E-state index in [1.54, 1.807) is 51.1 Å². The maximum atomic E-state index is 13.6. The molecule has 0 radical (unpaired) electrons. The molecule has 2 aromatic carbocycles. The van der Waals surface area contributed by atoms with Gasteiger partial charge in [0.1, 0.15) is 17.1 Å². The van der Waals surface area contributed by atoms with Gasteiger partial charge in [0.25, 0.3) is 5.91 Å². The Morgan fingerprint density at radius 1 is 1.11 bits per heavy atom. The van der Waals surface area contributed by atoms with E-state index in [-0.39, 0.29) is 35.6 Å². The number of carbonyl (C=O) groups is 3. The summed E-state index contributed by atoms with van der Waals surface area (Å²) >= 11 is 7.29. The zero-order valence-electron chi connectivity index (χ0n) is 20.6. The minimum Gasteiger partial charge on any atom is -0.443 e. The van der Waals surface area contributed by atoms with Crippen molar-refractivity contribution >= 4 is 41.1 Å². The fourth-order valence-corrected chi connectivity index (χ4v) is 5.19. The van der Waals surface area contributed by atoms with Gasteiger partial charge in [-0.05, 0) is 62.6 Å². The lowest BCUT2D eigenvalue weighted by atomic mass is 9.86. The molecule has 2 N–H and O–H groups in total. The first-order valence-electron chi connectivity index (χ1n) is 11.7. The molecular formula is C27H27ClFN3O4S. The number of hydrazine groups is 1. The summed E-state index contributed by atoms with van der Waals surface area (Å²) in [4.78, 5) is 39.8. The number of halogens is 2. The van der Waals surface area contributed by atoms with E-state index in [0.29, 0.717) is 21.9 Å². The van der Waals surface area contributed by atoms with Crippen LogP contribution in [0.25, 0.3) is 0 Å². The molecule has 0 saturated heterocycles. The number of Topliss-reactive ketones (excluding diaryl/α,β-unsaturated/α-hetero) is 1. The van der Waals surface area contributed by atoms with Gasteiger partial charge in [0.05, 0.1) is 16.4 Å². The molecule has 37 heavy (non-hydrogen) atoms. The van der Waals surface area contributed by atoms with Gasteiger partial charge in [-0.1, -0.05) is 53.7 Å². The van der Waals surface area contributed by atoms with Crippen molar-refractivity contribution < 1.29 is 23.5 Å². The minimum atomic E-state index is -0.715. The van der Waals surface area contributed by atoms with Gasteiger partial charge in [-0.15, -0.1) is 0 Å². The van der Waals surface area contributed by atoms with Crippen LogP contribution in [0.4, 0.5) is 9.18 Å². The highest BCUT2D eigenvalue weighted by Gasteiger charge is 2.40. The number of amides is 2. The summed E-state index contributed by atoms with van der Waals surface area (Å²) in [6, 6.07) is 13.0. The molecule has 1 aliphatic carbocycles. The van der Waals surface area contributed by atoms with Crippen LogP contribution in [0.2, 0.25) is 5.02 Å². The topological polar surface area (TPSA) is 87.7 Å². The number of carbonyl (C=O) groups excluding carboxylic acids is 3. The van der Waals surface area contributed by atoms with E-state index >= 15 is 0 Å².